The van der Waals surface area contributed by atoms with Crippen molar-refractivity contribution < 1.29 is 13.2 Å². The van der Waals surface area contributed by atoms with E-state index in [1.54, 1.807) is 0 Å². The third-order valence-corrected chi connectivity index (χ3v) is 2.26. The molecular weight excluding hydrogens is 239 g/mol. The van der Waals surface area contributed by atoms with Gasteiger partial charge in [0.05, 0.1) is 18.1 Å². The van der Waals surface area contributed by atoms with E-state index in [-0.39, 0.29) is 11.0 Å². The maximum Gasteiger partial charge on any atom is 0.391 e. The Balaban J connectivity index is 2.50. The van der Waals surface area contributed by atoms with E-state index < -0.39 is 18.6 Å². The molecule has 0 aliphatic heterocycles. The minimum Gasteiger partial charge on any atom is -0.364 e. The molecule has 1 atom stereocenters. The summed E-state index contributed by atoms with van der Waals surface area (Å²) in [7, 11) is 0. The number of halogens is 4. The summed E-state index contributed by atoms with van der Waals surface area (Å²) in [6.07, 6.45) is -5.12. The molecule has 0 radical (unpaired) electrons. The van der Waals surface area contributed by atoms with E-state index >= 15 is 0 Å². The molecule has 0 saturated heterocycles. The molecule has 1 heterocycles. The molecule has 80 valence electrons. The zero-order valence-electron chi connectivity index (χ0n) is 7.10. The van der Waals surface area contributed by atoms with Crippen molar-refractivity contribution in [1.29, 1.82) is 0 Å². The van der Waals surface area contributed by atoms with Crippen molar-refractivity contribution in [3.05, 3.63) is 5.15 Å². The second-order valence-corrected chi connectivity index (χ2v) is 3.65. The fraction of sp³-hybridized carbons (Fsp3) is 0.667. The van der Waals surface area contributed by atoms with Crippen molar-refractivity contribution in [3.63, 3.8) is 0 Å². The molecule has 1 unspecified atom stereocenters. The molecule has 1 rings (SSSR count). The summed E-state index contributed by atoms with van der Waals surface area (Å²) in [6.45, 7) is 1.41. The third-order valence-electron chi connectivity index (χ3n) is 1.37. The van der Waals surface area contributed by atoms with Gasteiger partial charge in [-0.1, -0.05) is 11.6 Å². The molecule has 0 bridgehead atoms. The van der Waals surface area contributed by atoms with Gasteiger partial charge in [0.25, 0.3) is 0 Å². The SMILES string of the molecule is CC(CC(F)(F)F)Nc1nsnc1Cl. The van der Waals surface area contributed by atoms with Crippen molar-refractivity contribution in [2.24, 2.45) is 0 Å². The summed E-state index contributed by atoms with van der Waals surface area (Å²) in [6, 6.07) is -0.767. The van der Waals surface area contributed by atoms with Crippen LogP contribution in [0.15, 0.2) is 0 Å². The molecule has 1 aromatic rings. The molecule has 3 nitrogen and oxygen atoms in total. The molecule has 14 heavy (non-hydrogen) atoms. The molecule has 0 amide bonds. The lowest BCUT2D eigenvalue weighted by Crippen LogP contribution is -2.24. The molecule has 8 heteroatoms. The van der Waals surface area contributed by atoms with Gasteiger partial charge in [-0.05, 0) is 6.92 Å². The van der Waals surface area contributed by atoms with Gasteiger partial charge in [0, 0.05) is 6.04 Å². The average Bonchev–Trinajstić information content (AvgIpc) is 2.32. The Morgan fingerprint density at radius 2 is 2.14 bits per heavy atom. The first-order valence-electron chi connectivity index (χ1n) is 3.70. The highest BCUT2D eigenvalue weighted by Crippen LogP contribution is 2.25. The number of hydrogen-bond donors (Lipinski definition) is 1. The molecule has 0 saturated carbocycles. The lowest BCUT2D eigenvalue weighted by Gasteiger charge is -2.14. The van der Waals surface area contributed by atoms with Crippen molar-refractivity contribution in [1.82, 2.24) is 8.75 Å². The first kappa shape index (κ1) is 11.5. The van der Waals surface area contributed by atoms with E-state index in [4.69, 9.17) is 11.6 Å². The van der Waals surface area contributed by atoms with Crippen molar-refractivity contribution >= 4 is 29.1 Å². The van der Waals surface area contributed by atoms with Crippen LogP contribution in [-0.4, -0.2) is 21.0 Å². The lowest BCUT2D eigenvalue weighted by atomic mass is 10.2. The Labute approximate surface area is 87.6 Å². The zero-order chi connectivity index (χ0) is 10.8. The van der Waals surface area contributed by atoms with Gasteiger partial charge in [0.1, 0.15) is 0 Å². The van der Waals surface area contributed by atoms with Crippen LogP contribution in [0.2, 0.25) is 5.15 Å². The van der Waals surface area contributed by atoms with E-state index in [0.717, 1.165) is 11.7 Å². The Hall–Kier alpha value is -0.560. The van der Waals surface area contributed by atoms with Crippen LogP contribution < -0.4 is 5.32 Å². The van der Waals surface area contributed by atoms with E-state index in [1.807, 2.05) is 0 Å². The lowest BCUT2D eigenvalue weighted by molar-refractivity contribution is -0.136. The molecule has 0 aromatic carbocycles. The largest absolute Gasteiger partial charge is 0.391 e. The van der Waals surface area contributed by atoms with E-state index in [9.17, 15) is 13.2 Å². The van der Waals surface area contributed by atoms with Gasteiger partial charge in [-0.25, -0.2) is 0 Å². The van der Waals surface area contributed by atoms with Crippen LogP contribution in [0.1, 0.15) is 13.3 Å². The number of nitrogens with one attached hydrogen (secondary N) is 1. The van der Waals surface area contributed by atoms with Crippen LogP contribution in [0.4, 0.5) is 19.0 Å². The minimum atomic E-state index is -4.19. The highest BCUT2D eigenvalue weighted by atomic mass is 35.5. The Bertz CT molecular complexity index is 301. The fourth-order valence-electron chi connectivity index (χ4n) is 0.895. The van der Waals surface area contributed by atoms with Gasteiger partial charge in [0.2, 0.25) is 0 Å². The van der Waals surface area contributed by atoms with Crippen molar-refractivity contribution in [2.45, 2.75) is 25.6 Å². The Morgan fingerprint density at radius 3 is 2.57 bits per heavy atom. The summed E-state index contributed by atoms with van der Waals surface area (Å²) in [4.78, 5) is 0. The van der Waals surface area contributed by atoms with Crippen LogP contribution in [0, 0.1) is 0 Å². The summed E-state index contributed by atoms with van der Waals surface area (Å²) in [5.41, 5.74) is 0. The zero-order valence-corrected chi connectivity index (χ0v) is 8.67. The fourth-order valence-corrected chi connectivity index (χ4v) is 1.55. The van der Waals surface area contributed by atoms with Gasteiger partial charge >= 0.3 is 6.18 Å². The normalized spacial score (nSPS) is 14.1. The summed E-state index contributed by atoms with van der Waals surface area (Å²) in [5, 5.41) is 2.63. The average molecular weight is 246 g/mol. The number of aromatic nitrogens is 2. The van der Waals surface area contributed by atoms with Gasteiger partial charge in [0.15, 0.2) is 11.0 Å². The molecule has 0 fully saturated rings. The highest BCUT2D eigenvalue weighted by molar-refractivity contribution is 6.99. The van der Waals surface area contributed by atoms with Crippen molar-refractivity contribution in [2.75, 3.05) is 5.32 Å². The van der Waals surface area contributed by atoms with Gasteiger partial charge in [-0.15, -0.1) is 0 Å². The Morgan fingerprint density at radius 1 is 1.50 bits per heavy atom. The Kier molecular flexibility index (Phi) is 3.54. The van der Waals surface area contributed by atoms with Crippen LogP contribution in [0.3, 0.4) is 0 Å². The molecule has 0 aliphatic carbocycles. The topological polar surface area (TPSA) is 37.8 Å². The molecule has 1 aromatic heterocycles. The molecule has 0 aliphatic rings. The summed E-state index contributed by atoms with van der Waals surface area (Å²) >= 11 is 6.40. The maximum absolute atomic E-state index is 11.9. The second-order valence-electron chi connectivity index (χ2n) is 2.77. The highest BCUT2D eigenvalue weighted by Gasteiger charge is 2.30. The van der Waals surface area contributed by atoms with Crippen LogP contribution in [-0.2, 0) is 0 Å². The third kappa shape index (κ3) is 3.67. The number of alkyl halides is 3. The van der Waals surface area contributed by atoms with E-state index in [0.29, 0.717) is 0 Å². The second kappa shape index (κ2) is 4.31. The summed E-state index contributed by atoms with van der Waals surface area (Å²) in [5.74, 6) is 0.202. The van der Waals surface area contributed by atoms with E-state index in [2.05, 4.69) is 14.1 Å². The number of nitrogens with zero attached hydrogens (tertiary/aromatic N) is 2. The predicted octanol–water partition coefficient (Wildman–Crippen LogP) is 2.94. The molecular formula is C6H7ClF3N3S. The van der Waals surface area contributed by atoms with Crippen LogP contribution >= 0.6 is 23.3 Å². The number of anilines is 1. The smallest absolute Gasteiger partial charge is 0.364 e. The molecule has 1 N–H and O–H groups in total. The van der Waals surface area contributed by atoms with Gasteiger partial charge in [-0.2, -0.15) is 21.9 Å². The predicted molar refractivity (Wildman–Crippen MR) is 48.7 cm³/mol. The van der Waals surface area contributed by atoms with Gasteiger partial charge in [-0.3, -0.25) is 0 Å². The number of hydrogen-bond acceptors (Lipinski definition) is 4. The van der Waals surface area contributed by atoms with E-state index in [1.165, 1.54) is 6.92 Å². The monoisotopic (exact) mass is 245 g/mol. The minimum absolute atomic E-state index is 0.101. The van der Waals surface area contributed by atoms with Gasteiger partial charge < -0.3 is 5.32 Å². The first-order valence-corrected chi connectivity index (χ1v) is 4.80. The first-order chi connectivity index (χ1) is 6.38. The van der Waals surface area contributed by atoms with Crippen LogP contribution in [0.25, 0.3) is 0 Å². The quantitative estimate of drug-likeness (QED) is 0.890. The van der Waals surface area contributed by atoms with Crippen molar-refractivity contribution in [3.8, 4) is 0 Å². The van der Waals surface area contributed by atoms with Crippen LogP contribution in [0.5, 0.6) is 0 Å². The summed E-state index contributed by atoms with van der Waals surface area (Å²) < 4.78 is 43.1. The molecule has 0 spiro atoms. The number of rotatable bonds is 3. The standard InChI is InChI=1S/C6H7ClF3N3S/c1-3(2-6(8,9)10)11-5-4(7)12-14-13-5/h3H,2H2,1H3,(H,11,13). The maximum atomic E-state index is 11.9.